The number of thiazole rings is 1. The molecule has 0 N–H and O–H groups in total. The molecule has 0 fully saturated rings. The fourth-order valence-corrected chi connectivity index (χ4v) is 3.35. The average molecular weight is 399 g/mol. The minimum Gasteiger partial charge on any atom is -0.466 e. The summed E-state index contributed by atoms with van der Waals surface area (Å²) in [6.45, 7) is 3.45. The van der Waals surface area contributed by atoms with Gasteiger partial charge in [0.1, 0.15) is 22.3 Å². The molecule has 142 valence electrons. The predicted octanol–water partition coefficient (Wildman–Crippen LogP) is 4.57. The van der Waals surface area contributed by atoms with Crippen molar-refractivity contribution < 1.29 is 22.8 Å². The number of benzene rings is 1. The van der Waals surface area contributed by atoms with Crippen LogP contribution in [-0.2, 0) is 11.3 Å². The second kappa shape index (κ2) is 7.35. The quantitative estimate of drug-likeness (QED) is 0.454. The van der Waals surface area contributed by atoms with E-state index in [9.17, 15) is 9.18 Å². The van der Waals surface area contributed by atoms with Crippen molar-refractivity contribution in [1.29, 1.82) is 0 Å². The predicted molar refractivity (Wildman–Crippen MR) is 98.1 cm³/mol. The smallest absolute Gasteiger partial charge is 0.358 e. The second-order valence-corrected chi connectivity index (χ2v) is 6.81. The number of carbonyl (C=O) groups is 1. The lowest BCUT2D eigenvalue weighted by atomic mass is 10.2. The molecule has 3 heterocycles. The van der Waals surface area contributed by atoms with Crippen molar-refractivity contribution in [2.24, 2.45) is 0 Å². The van der Waals surface area contributed by atoms with E-state index >= 15 is 0 Å². The van der Waals surface area contributed by atoms with Gasteiger partial charge in [0.05, 0.1) is 5.56 Å². The van der Waals surface area contributed by atoms with E-state index in [4.69, 9.17) is 13.6 Å². The van der Waals surface area contributed by atoms with Crippen molar-refractivity contribution in [2.75, 3.05) is 0 Å². The van der Waals surface area contributed by atoms with E-state index in [2.05, 4.69) is 15.2 Å². The van der Waals surface area contributed by atoms with Crippen LogP contribution in [0.3, 0.4) is 0 Å². The first-order valence-electron chi connectivity index (χ1n) is 8.28. The van der Waals surface area contributed by atoms with Gasteiger partial charge in [-0.3, -0.25) is 0 Å². The zero-order valence-corrected chi connectivity index (χ0v) is 15.7. The van der Waals surface area contributed by atoms with E-state index in [0.29, 0.717) is 22.2 Å². The maximum Gasteiger partial charge on any atom is 0.358 e. The first kappa shape index (κ1) is 18.1. The number of furan rings is 1. The van der Waals surface area contributed by atoms with Gasteiger partial charge in [-0.25, -0.2) is 14.2 Å². The Hall–Kier alpha value is -3.33. The summed E-state index contributed by atoms with van der Waals surface area (Å²) in [4.78, 5) is 16.4. The normalized spacial score (nSPS) is 11.0. The minimum atomic E-state index is -0.611. The van der Waals surface area contributed by atoms with Gasteiger partial charge in [0.15, 0.2) is 12.3 Å². The number of rotatable bonds is 5. The molecule has 4 aromatic rings. The number of hydrogen-bond donors (Lipinski definition) is 0. The molecule has 0 radical (unpaired) electrons. The van der Waals surface area contributed by atoms with Gasteiger partial charge >= 0.3 is 5.97 Å². The maximum absolute atomic E-state index is 13.0. The topological polar surface area (TPSA) is 91.2 Å². The summed E-state index contributed by atoms with van der Waals surface area (Å²) in [6, 6.07) is 7.67. The first-order valence-corrected chi connectivity index (χ1v) is 9.16. The molecule has 0 amide bonds. The van der Waals surface area contributed by atoms with Gasteiger partial charge in [-0.2, -0.15) is 0 Å². The first-order chi connectivity index (χ1) is 13.5. The number of nitrogens with zero attached hydrogens (tertiary/aromatic N) is 3. The van der Waals surface area contributed by atoms with Crippen molar-refractivity contribution in [1.82, 2.24) is 15.2 Å². The van der Waals surface area contributed by atoms with Crippen LogP contribution in [0.25, 0.3) is 22.0 Å². The molecule has 4 rings (SSSR count). The lowest BCUT2D eigenvalue weighted by molar-refractivity contribution is 0.0432. The summed E-state index contributed by atoms with van der Waals surface area (Å²) >= 11 is 1.27. The molecule has 0 unspecified atom stereocenters. The number of halogens is 1. The van der Waals surface area contributed by atoms with Crippen molar-refractivity contribution >= 4 is 17.3 Å². The zero-order chi connectivity index (χ0) is 19.7. The summed E-state index contributed by atoms with van der Waals surface area (Å²) in [5.41, 5.74) is 1.58. The van der Waals surface area contributed by atoms with Crippen molar-refractivity contribution in [3.63, 3.8) is 0 Å². The van der Waals surface area contributed by atoms with Gasteiger partial charge in [-0.15, -0.1) is 21.5 Å². The Morgan fingerprint density at radius 3 is 2.68 bits per heavy atom. The molecular weight excluding hydrogens is 385 g/mol. The Bertz CT molecular complexity index is 1130. The second-order valence-electron chi connectivity index (χ2n) is 5.95. The molecule has 28 heavy (non-hydrogen) atoms. The third-order valence-corrected chi connectivity index (χ3v) is 4.76. The fraction of sp³-hybridized carbons (Fsp3) is 0.158. The summed E-state index contributed by atoms with van der Waals surface area (Å²) in [6.07, 6.45) is 0. The number of ether oxygens (including phenoxy) is 1. The number of aryl methyl sites for hydroxylation is 2. The molecule has 0 atom stereocenters. The van der Waals surface area contributed by atoms with E-state index in [-0.39, 0.29) is 24.0 Å². The monoisotopic (exact) mass is 399 g/mol. The van der Waals surface area contributed by atoms with E-state index in [0.717, 1.165) is 11.3 Å². The maximum atomic E-state index is 13.0. The fourth-order valence-electron chi connectivity index (χ4n) is 2.56. The zero-order valence-electron chi connectivity index (χ0n) is 14.9. The highest BCUT2D eigenvalue weighted by Gasteiger charge is 2.17. The molecule has 0 bridgehead atoms. The SMILES string of the molecule is Cc1cc(-c2nnc(COC(=O)c3csc(-c4ccc(F)cc4)n3)o2)c(C)o1. The van der Waals surface area contributed by atoms with Crippen LogP contribution in [0.5, 0.6) is 0 Å². The average Bonchev–Trinajstić information content (AvgIpc) is 3.40. The molecule has 0 saturated heterocycles. The summed E-state index contributed by atoms with van der Waals surface area (Å²) in [5.74, 6) is 0.919. The summed E-state index contributed by atoms with van der Waals surface area (Å²) in [5, 5.41) is 10.0. The highest BCUT2D eigenvalue weighted by molar-refractivity contribution is 7.13. The Kier molecular flexibility index (Phi) is 4.74. The van der Waals surface area contributed by atoms with E-state index < -0.39 is 5.97 Å². The minimum absolute atomic E-state index is 0.158. The van der Waals surface area contributed by atoms with E-state index in [1.807, 2.05) is 6.92 Å². The van der Waals surface area contributed by atoms with Gasteiger partial charge in [0, 0.05) is 10.9 Å². The number of hydrogen-bond acceptors (Lipinski definition) is 8. The molecule has 7 nitrogen and oxygen atoms in total. The third-order valence-electron chi connectivity index (χ3n) is 3.87. The van der Waals surface area contributed by atoms with E-state index in [1.54, 1.807) is 30.5 Å². The lowest BCUT2D eigenvalue weighted by Gasteiger charge is -1.99. The van der Waals surface area contributed by atoms with Crippen LogP contribution < -0.4 is 0 Å². The Morgan fingerprint density at radius 1 is 1.18 bits per heavy atom. The molecule has 3 aromatic heterocycles. The van der Waals surface area contributed by atoms with E-state index in [1.165, 1.54) is 23.5 Å². The Morgan fingerprint density at radius 2 is 1.96 bits per heavy atom. The molecule has 0 aliphatic heterocycles. The van der Waals surface area contributed by atoms with Crippen LogP contribution in [0, 0.1) is 19.7 Å². The largest absolute Gasteiger partial charge is 0.466 e. The summed E-state index contributed by atoms with van der Waals surface area (Å²) in [7, 11) is 0. The van der Waals surface area contributed by atoms with Crippen molar-refractivity contribution in [3.8, 4) is 22.0 Å². The number of esters is 1. The third kappa shape index (κ3) is 3.70. The summed E-state index contributed by atoms with van der Waals surface area (Å²) < 4.78 is 29.2. The van der Waals surface area contributed by atoms with Crippen LogP contribution >= 0.6 is 11.3 Å². The van der Waals surface area contributed by atoms with Gasteiger partial charge < -0.3 is 13.6 Å². The molecule has 1 aromatic carbocycles. The Labute approximate surface area is 162 Å². The molecule has 0 saturated carbocycles. The van der Waals surface area contributed by atoms with Crippen LogP contribution in [-0.4, -0.2) is 21.2 Å². The van der Waals surface area contributed by atoms with Crippen LogP contribution in [0.15, 0.2) is 44.5 Å². The van der Waals surface area contributed by atoms with Crippen LogP contribution in [0.4, 0.5) is 4.39 Å². The lowest BCUT2D eigenvalue weighted by Crippen LogP contribution is -2.05. The molecule has 0 aliphatic carbocycles. The molecule has 9 heteroatoms. The highest BCUT2D eigenvalue weighted by atomic mass is 32.1. The van der Waals surface area contributed by atoms with Crippen LogP contribution in [0.2, 0.25) is 0 Å². The van der Waals surface area contributed by atoms with Gasteiger partial charge in [-0.05, 0) is 44.2 Å². The van der Waals surface area contributed by atoms with Gasteiger partial charge in [-0.1, -0.05) is 0 Å². The molecule has 0 spiro atoms. The van der Waals surface area contributed by atoms with Gasteiger partial charge in [0.25, 0.3) is 11.8 Å². The van der Waals surface area contributed by atoms with Crippen LogP contribution in [0.1, 0.15) is 27.9 Å². The Balaban J connectivity index is 1.41. The molecular formula is C19H14FN3O4S. The molecule has 0 aliphatic rings. The van der Waals surface area contributed by atoms with Crippen molar-refractivity contribution in [3.05, 3.63) is 64.6 Å². The highest BCUT2D eigenvalue weighted by Crippen LogP contribution is 2.26. The standard InChI is InChI=1S/C19H14FN3O4S/c1-10-7-14(11(2)26-10)17-23-22-16(27-17)8-25-19(24)15-9-28-18(21-15)12-3-5-13(20)6-4-12/h3-7,9H,8H2,1-2H3. The number of aromatic nitrogens is 3. The number of carbonyl (C=O) groups excluding carboxylic acids is 1. The van der Waals surface area contributed by atoms with Gasteiger partial charge in [0.2, 0.25) is 0 Å². The van der Waals surface area contributed by atoms with Crippen molar-refractivity contribution in [2.45, 2.75) is 20.5 Å².